The molecular formula is C24H37N5O3. The summed E-state index contributed by atoms with van der Waals surface area (Å²) in [5.41, 5.74) is 6.36. The van der Waals surface area contributed by atoms with Crippen LogP contribution in [-0.4, -0.2) is 59.1 Å². The zero-order valence-corrected chi connectivity index (χ0v) is 20.0. The van der Waals surface area contributed by atoms with E-state index in [1.165, 1.54) is 0 Å². The van der Waals surface area contributed by atoms with Crippen molar-refractivity contribution in [2.24, 2.45) is 11.1 Å². The highest BCUT2D eigenvalue weighted by Crippen LogP contribution is 2.29. The summed E-state index contributed by atoms with van der Waals surface area (Å²) in [7, 11) is 1.79. The van der Waals surface area contributed by atoms with Crippen LogP contribution in [0.5, 0.6) is 0 Å². The third kappa shape index (κ3) is 5.66. The fourth-order valence-corrected chi connectivity index (χ4v) is 4.38. The zero-order chi connectivity index (χ0) is 23.5. The summed E-state index contributed by atoms with van der Waals surface area (Å²) in [5, 5.41) is 3.92. The van der Waals surface area contributed by atoms with Crippen molar-refractivity contribution in [2.75, 3.05) is 32.0 Å². The Morgan fingerprint density at radius 2 is 1.97 bits per heavy atom. The number of aromatic nitrogens is 1. The topological polar surface area (TPSA) is 105 Å². The predicted octanol–water partition coefficient (Wildman–Crippen LogP) is 3.02. The predicted molar refractivity (Wildman–Crippen MR) is 127 cm³/mol. The molecule has 1 amide bonds. The van der Waals surface area contributed by atoms with E-state index in [0.717, 1.165) is 38.9 Å². The van der Waals surface area contributed by atoms with Gasteiger partial charge in [-0.25, -0.2) is 4.79 Å². The molecule has 1 atom stereocenters. The summed E-state index contributed by atoms with van der Waals surface area (Å²) in [5.74, 6) is -0.428. The normalized spacial score (nSPS) is 17.8. The van der Waals surface area contributed by atoms with E-state index >= 15 is 0 Å². The lowest BCUT2D eigenvalue weighted by molar-refractivity contribution is -0.139. The molecule has 1 saturated heterocycles. The Hall–Kier alpha value is -2.45. The van der Waals surface area contributed by atoms with Gasteiger partial charge in [0.25, 0.3) is 0 Å². The molecule has 8 nitrogen and oxygen atoms in total. The van der Waals surface area contributed by atoms with Crippen LogP contribution in [0.25, 0.3) is 11.0 Å². The first-order valence-corrected chi connectivity index (χ1v) is 11.5. The Balaban J connectivity index is 1.86. The number of benzene rings is 1. The maximum absolute atomic E-state index is 13.7. The summed E-state index contributed by atoms with van der Waals surface area (Å²) in [6.45, 7) is 11.2. The van der Waals surface area contributed by atoms with E-state index in [4.69, 9.17) is 10.2 Å². The van der Waals surface area contributed by atoms with Gasteiger partial charge in [-0.2, -0.15) is 4.98 Å². The molecule has 2 aromatic rings. The van der Waals surface area contributed by atoms with Crippen LogP contribution in [0.3, 0.4) is 0 Å². The molecule has 0 spiro atoms. The van der Waals surface area contributed by atoms with Gasteiger partial charge in [0, 0.05) is 20.1 Å². The quantitative estimate of drug-likeness (QED) is 0.634. The lowest BCUT2D eigenvalue weighted by atomic mass is 9.86. The summed E-state index contributed by atoms with van der Waals surface area (Å²) in [4.78, 5) is 33.8. The maximum Gasteiger partial charge on any atom is 0.441 e. The molecule has 0 radical (unpaired) electrons. The van der Waals surface area contributed by atoms with Gasteiger partial charge in [-0.3, -0.25) is 4.79 Å². The van der Waals surface area contributed by atoms with Crippen LogP contribution < -0.4 is 16.8 Å². The molecule has 176 valence electrons. The van der Waals surface area contributed by atoms with E-state index in [1.54, 1.807) is 24.1 Å². The molecule has 8 heteroatoms. The van der Waals surface area contributed by atoms with Crippen LogP contribution in [0.4, 0.5) is 5.82 Å². The van der Waals surface area contributed by atoms with Crippen molar-refractivity contribution >= 4 is 22.7 Å². The van der Waals surface area contributed by atoms with Gasteiger partial charge in [0.05, 0.1) is 11.0 Å². The third-order valence-corrected chi connectivity index (χ3v) is 6.23. The molecule has 0 unspecified atom stereocenters. The molecular weight excluding hydrogens is 406 g/mol. The first-order valence-electron chi connectivity index (χ1n) is 11.5. The molecule has 3 N–H and O–H groups in total. The fraction of sp³-hybridized carbons (Fsp3) is 0.625. The summed E-state index contributed by atoms with van der Waals surface area (Å²) in [6.07, 6.45) is 3.13. The van der Waals surface area contributed by atoms with Gasteiger partial charge in [0.15, 0.2) is 0 Å². The number of fused-ring (bicyclic) bond motifs is 1. The monoisotopic (exact) mass is 443 g/mol. The van der Waals surface area contributed by atoms with Gasteiger partial charge in [0.2, 0.25) is 5.91 Å². The smallest absolute Gasteiger partial charge is 0.408 e. The summed E-state index contributed by atoms with van der Waals surface area (Å²) in [6, 6.07) is 6.61. The molecule has 32 heavy (non-hydrogen) atoms. The lowest BCUT2D eigenvalue weighted by Crippen LogP contribution is -2.63. The second-order valence-corrected chi connectivity index (χ2v) is 10.1. The number of anilines is 1. The minimum Gasteiger partial charge on any atom is -0.408 e. The number of hydrogen-bond donors (Lipinski definition) is 2. The number of carbonyl (C=O) groups is 1. The molecule has 1 fully saturated rings. The SMILES string of the molecule is CCCN1CCC(N)(N(C)C(=O)[C@@H](CC(C)(C)C)Nc2nc(=O)oc3ccccc23)CC1. The Kier molecular flexibility index (Phi) is 7.25. The number of amides is 1. The maximum atomic E-state index is 13.7. The highest BCUT2D eigenvalue weighted by atomic mass is 16.4. The number of nitrogens with one attached hydrogen (secondary N) is 1. The van der Waals surface area contributed by atoms with Gasteiger partial charge in [-0.15, -0.1) is 0 Å². The third-order valence-electron chi connectivity index (χ3n) is 6.23. The Labute approximate surface area is 190 Å². The van der Waals surface area contributed by atoms with E-state index in [0.29, 0.717) is 23.2 Å². The van der Waals surface area contributed by atoms with E-state index in [1.807, 2.05) is 12.1 Å². The summed E-state index contributed by atoms with van der Waals surface area (Å²) < 4.78 is 5.21. The average Bonchev–Trinajstić information content (AvgIpc) is 2.73. The highest BCUT2D eigenvalue weighted by Gasteiger charge is 2.40. The molecule has 0 bridgehead atoms. The standard InChI is InChI=1S/C24H37N5O3/c1-6-13-29-14-11-24(25,12-15-29)28(5)21(30)18(16-23(2,3)4)26-20-17-9-7-8-10-19(17)32-22(31)27-20/h7-10,18H,6,11-16,25H2,1-5H3,(H,26,27,31)/t18-/m1/s1. The fourth-order valence-electron chi connectivity index (χ4n) is 4.38. The number of para-hydroxylation sites is 1. The van der Waals surface area contributed by atoms with Crippen molar-refractivity contribution in [3.8, 4) is 0 Å². The number of likely N-dealkylation sites (N-methyl/N-ethyl adjacent to an activating group) is 1. The molecule has 0 aliphatic carbocycles. The zero-order valence-electron chi connectivity index (χ0n) is 20.0. The van der Waals surface area contributed by atoms with Gasteiger partial charge < -0.3 is 25.3 Å². The van der Waals surface area contributed by atoms with Crippen molar-refractivity contribution < 1.29 is 9.21 Å². The Morgan fingerprint density at radius 1 is 1.31 bits per heavy atom. The van der Waals surface area contributed by atoms with Gasteiger partial charge in [-0.05, 0) is 49.8 Å². The first-order chi connectivity index (χ1) is 15.0. The number of hydrogen-bond acceptors (Lipinski definition) is 7. The van der Waals surface area contributed by atoms with Crippen molar-refractivity contribution in [2.45, 2.75) is 65.1 Å². The Morgan fingerprint density at radius 3 is 2.59 bits per heavy atom. The van der Waals surface area contributed by atoms with E-state index < -0.39 is 17.5 Å². The number of likely N-dealkylation sites (tertiary alicyclic amines) is 1. The Bertz CT molecular complexity index is 989. The van der Waals surface area contributed by atoms with Crippen LogP contribution in [0.1, 0.15) is 53.4 Å². The minimum absolute atomic E-state index is 0.0921. The number of carbonyl (C=O) groups excluding carboxylic acids is 1. The molecule has 1 aliphatic heterocycles. The van der Waals surface area contributed by atoms with Crippen LogP contribution in [-0.2, 0) is 4.79 Å². The second-order valence-electron chi connectivity index (χ2n) is 10.1. The minimum atomic E-state index is -0.694. The first kappa shape index (κ1) is 24.2. The molecule has 1 aromatic heterocycles. The average molecular weight is 444 g/mol. The number of nitrogens with zero attached hydrogens (tertiary/aromatic N) is 3. The second kappa shape index (κ2) is 9.58. The van der Waals surface area contributed by atoms with Gasteiger partial charge in [0.1, 0.15) is 17.4 Å². The van der Waals surface area contributed by atoms with Crippen molar-refractivity contribution in [1.29, 1.82) is 0 Å². The lowest BCUT2D eigenvalue weighted by Gasteiger charge is -2.46. The van der Waals surface area contributed by atoms with Crippen LogP contribution in [0, 0.1) is 5.41 Å². The number of piperidine rings is 1. The van der Waals surface area contributed by atoms with E-state index in [9.17, 15) is 9.59 Å². The number of rotatable bonds is 7. The van der Waals surface area contributed by atoms with E-state index in [2.05, 4.69) is 42.9 Å². The van der Waals surface area contributed by atoms with E-state index in [-0.39, 0.29) is 11.3 Å². The molecule has 2 heterocycles. The van der Waals surface area contributed by atoms with Crippen molar-refractivity contribution in [1.82, 2.24) is 14.8 Å². The van der Waals surface area contributed by atoms with Gasteiger partial charge >= 0.3 is 5.76 Å². The van der Waals surface area contributed by atoms with Crippen LogP contribution in [0.15, 0.2) is 33.5 Å². The van der Waals surface area contributed by atoms with Crippen molar-refractivity contribution in [3.05, 3.63) is 34.8 Å². The molecule has 1 aliphatic rings. The highest BCUT2D eigenvalue weighted by molar-refractivity contribution is 5.91. The van der Waals surface area contributed by atoms with Gasteiger partial charge in [-0.1, -0.05) is 39.8 Å². The largest absolute Gasteiger partial charge is 0.441 e. The molecule has 3 rings (SSSR count). The number of nitrogens with two attached hydrogens (primary N) is 1. The van der Waals surface area contributed by atoms with Crippen LogP contribution >= 0.6 is 0 Å². The van der Waals surface area contributed by atoms with Crippen molar-refractivity contribution in [3.63, 3.8) is 0 Å². The molecule has 0 saturated carbocycles. The summed E-state index contributed by atoms with van der Waals surface area (Å²) >= 11 is 0. The molecule has 1 aromatic carbocycles. The van der Waals surface area contributed by atoms with Crippen LogP contribution in [0.2, 0.25) is 0 Å².